The summed E-state index contributed by atoms with van der Waals surface area (Å²) in [7, 11) is 1.64. The molecule has 0 spiro atoms. The third-order valence-corrected chi connectivity index (χ3v) is 7.20. The lowest BCUT2D eigenvalue weighted by Crippen LogP contribution is -2.33. The van der Waals surface area contributed by atoms with Crippen LogP contribution in [0.3, 0.4) is 0 Å². The monoisotopic (exact) mass is 531 g/mol. The number of anilines is 2. The first-order valence-electron chi connectivity index (χ1n) is 13.2. The maximum absolute atomic E-state index is 13.3. The van der Waals surface area contributed by atoms with E-state index in [9.17, 15) is 9.59 Å². The molecule has 39 heavy (non-hydrogen) atoms. The molecule has 3 aromatic carbocycles. The average molecular weight is 532 g/mol. The zero-order chi connectivity index (χ0) is 27.9. The summed E-state index contributed by atoms with van der Waals surface area (Å²) in [6.45, 7) is 8.16. The second kappa shape index (κ2) is 12.7. The Morgan fingerprint density at radius 2 is 1.87 bits per heavy atom. The van der Waals surface area contributed by atoms with E-state index in [0.29, 0.717) is 18.9 Å². The van der Waals surface area contributed by atoms with Gasteiger partial charge in [-0.05, 0) is 72.4 Å². The van der Waals surface area contributed by atoms with Crippen LogP contribution in [0.15, 0.2) is 54.6 Å². The Morgan fingerprint density at radius 3 is 2.54 bits per heavy atom. The summed E-state index contributed by atoms with van der Waals surface area (Å²) in [4.78, 5) is 26.5. The number of nitrogens with two attached hydrogens (primary N) is 1. The number of hydrogen-bond acceptors (Lipinski definition) is 7. The van der Waals surface area contributed by atoms with Crippen molar-refractivity contribution in [2.75, 3.05) is 37.9 Å². The quantitative estimate of drug-likeness (QED) is 0.313. The summed E-state index contributed by atoms with van der Waals surface area (Å²) in [6, 6.07) is 18.0. The molecular weight excluding hydrogens is 494 g/mol. The van der Waals surface area contributed by atoms with E-state index >= 15 is 0 Å². The van der Waals surface area contributed by atoms with Gasteiger partial charge in [0, 0.05) is 18.9 Å². The summed E-state index contributed by atoms with van der Waals surface area (Å²) in [6.07, 6.45) is -0.473. The highest BCUT2D eigenvalue weighted by Gasteiger charge is 2.31. The lowest BCUT2D eigenvalue weighted by Gasteiger charge is -2.24. The number of rotatable bonds is 11. The van der Waals surface area contributed by atoms with E-state index in [1.54, 1.807) is 7.11 Å². The average Bonchev–Trinajstić information content (AvgIpc) is 3.38. The highest BCUT2D eigenvalue weighted by Crippen LogP contribution is 2.37. The molecule has 0 aromatic heterocycles. The van der Waals surface area contributed by atoms with E-state index in [1.807, 2.05) is 63.2 Å². The van der Waals surface area contributed by atoms with E-state index < -0.39 is 6.09 Å². The van der Waals surface area contributed by atoms with Gasteiger partial charge in [-0.15, -0.1) is 0 Å². The van der Waals surface area contributed by atoms with Crippen LogP contribution in [-0.2, 0) is 27.5 Å². The number of ether oxygens (including phenoxy) is 3. The van der Waals surface area contributed by atoms with Crippen LogP contribution < -0.4 is 15.8 Å². The lowest BCUT2D eigenvalue weighted by molar-refractivity contribution is -0.128. The first-order chi connectivity index (χ1) is 18.8. The summed E-state index contributed by atoms with van der Waals surface area (Å²) < 4.78 is 16.3. The maximum Gasteiger partial charge on any atom is 0.416 e. The largest absolute Gasteiger partial charge is 0.497 e. The number of nitrogens with zero attached hydrogens (tertiary/aromatic N) is 1. The molecule has 1 aliphatic rings. The van der Waals surface area contributed by atoms with Crippen molar-refractivity contribution < 1.29 is 23.8 Å². The van der Waals surface area contributed by atoms with Gasteiger partial charge in [-0.1, -0.05) is 36.4 Å². The van der Waals surface area contributed by atoms with Gasteiger partial charge in [-0.25, -0.2) is 9.69 Å². The molecule has 0 radical (unpaired) electrons. The van der Waals surface area contributed by atoms with Gasteiger partial charge in [-0.2, -0.15) is 0 Å². The fourth-order valence-electron chi connectivity index (χ4n) is 4.84. The van der Waals surface area contributed by atoms with Gasteiger partial charge in [0.15, 0.2) is 0 Å². The molecule has 1 unspecified atom stereocenters. The van der Waals surface area contributed by atoms with Gasteiger partial charge in [0.25, 0.3) is 0 Å². The number of imide groups is 1. The summed E-state index contributed by atoms with van der Waals surface area (Å²) in [5.74, 6) is 0.235. The van der Waals surface area contributed by atoms with Crippen LogP contribution >= 0.6 is 0 Å². The summed E-state index contributed by atoms with van der Waals surface area (Å²) in [5, 5.41) is 3.29. The van der Waals surface area contributed by atoms with E-state index in [-0.39, 0.29) is 31.4 Å². The minimum atomic E-state index is -0.589. The Kier molecular flexibility index (Phi) is 9.09. The molecule has 1 atom stereocenters. The maximum atomic E-state index is 13.3. The standard InChI is InChI=1S/C31H37N3O5/c1-5-33-28-13-12-26(21(3)30(28)32)27(17-29(35)34-14-15-39-31(34)36)23-9-6-20(2)24(16-23)19-38-18-22-7-10-25(37-4)11-8-22/h6-13,16,27,33H,5,14-15,17-19,32H2,1-4H3. The third-order valence-electron chi connectivity index (χ3n) is 7.20. The molecular formula is C31H37N3O5. The van der Waals surface area contributed by atoms with Crippen LogP contribution in [0.4, 0.5) is 16.2 Å². The molecule has 2 amide bonds. The number of amides is 2. The molecule has 0 bridgehead atoms. The molecule has 8 heteroatoms. The first kappa shape index (κ1) is 28.0. The van der Waals surface area contributed by atoms with Gasteiger partial charge in [-0.3, -0.25) is 4.79 Å². The lowest BCUT2D eigenvalue weighted by atomic mass is 9.83. The third kappa shape index (κ3) is 6.52. The van der Waals surface area contributed by atoms with Gasteiger partial charge in [0.2, 0.25) is 5.91 Å². The molecule has 0 aliphatic carbocycles. The minimum absolute atomic E-state index is 0.116. The van der Waals surface area contributed by atoms with E-state index in [2.05, 4.69) is 17.4 Å². The van der Waals surface area contributed by atoms with Crippen LogP contribution in [0.25, 0.3) is 0 Å². The Balaban J connectivity index is 1.61. The second-order valence-corrected chi connectivity index (χ2v) is 9.71. The number of nitrogens with one attached hydrogen (secondary N) is 1. The number of cyclic esters (lactones) is 1. The number of carbonyl (C=O) groups is 2. The van der Waals surface area contributed by atoms with Crippen LogP contribution in [-0.4, -0.2) is 43.7 Å². The van der Waals surface area contributed by atoms with Gasteiger partial charge >= 0.3 is 6.09 Å². The highest BCUT2D eigenvalue weighted by molar-refractivity contribution is 5.93. The van der Waals surface area contributed by atoms with E-state index in [4.69, 9.17) is 19.9 Å². The van der Waals surface area contributed by atoms with Crippen molar-refractivity contribution in [1.29, 1.82) is 0 Å². The first-order valence-corrected chi connectivity index (χ1v) is 13.2. The van der Waals surface area contributed by atoms with Crippen molar-refractivity contribution in [3.8, 4) is 5.75 Å². The molecule has 3 aromatic rings. The Hall–Kier alpha value is -4.04. The summed E-state index contributed by atoms with van der Waals surface area (Å²) >= 11 is 0. The zero-order valence-electron chi connectivity index (χ0n) is 23.1. The molecule has 1 fully saturated rings. The molecule has 1 heterocycles. The Labute approximate surface area is 230 Å². The molecule has 0 saturated carbocycles. The highest BCUT2D eigenvalue weighted by atomic mass is 16.6. The Bertz CT molecular complexity index is 1320. The van der Waals surface area contributed by atoms with Crippen molar-refractivity contribution in [2.24, 2.45) is 0 Å². The van der Waals surface area contributed by atoms with Crippen molar-refractivity contribution >= 4 is 23.4 Å². The number of nitrogen functional groups attached to an aromatic ring is 1. The molecule has 206 valence electrons. The predicted molar refractivity (Wildman–Crippen MR) is 152 cm³/mol. The van der Waals surface area contributed by atoms with Crippen molar-refractivity contribution in [3.05, 3.63) is 88.0 Å². The second-order valence-electron chi connectivity index (χ2n) is 9.71. The molecule has 4 rings (SSSR count). The smallest absolute Gasteiger partial charge is 0.416 e. The van der Waals surface area contributed by atoms with E-state index in [1.165, 1.54) is 4.90 Å². The normalized spacial score (nSPS) is 13.7. The van der Waals surface area contributed by atoms with Crippen molar-refractivity contribution in [2.45, 2.75) is 46.3 Å². The van der Waals surface area contributed by atoms with Crippen molar-refractivity contribution in [1.82, 2.24) is 4.90 Å². The fraction of sp³-hybridized carbons (Fsp3) is 0.355. The molecule has 8 nitrogen and oxygen atoms in total. The van der Waals surface area contributed by atoms with Gasteiger partial charge in [0.1, 0.15) is 12.4 Å². The molecule has 1 saturated heterocycles. The number of aryl methyl sites for hydroxylation is 1. The van der Waals surface area contributed by atoms with Gasteiger partial charge < -0.3 is 25.3 Å². The van der Waals surface area contributed by atoms with Gasteiger partial charge in [0.05, 0.1) is 38.2 Å². The SMILES string of the molecule is CCNc1ccc(C(CC(=O)N2CCOC2=O)c2ccc(C)c(COCc3ccc(OC)cc3)c2)c(C)c1N. The molecule has 3 N–H and O–H groups in total. The van der Waals surface area contributed by atoms with Crippen LogP contribution in [0.2, 0.25) is 0 Å². The van der Waals surface area contributed by atoms with E-state index in [0.717, 1.165) is 51.4 Å². The molecule has 1 aliphatic heterocycles. The zero-order valence-corrected chi connectivity index (χ0v) is 23.1. The number of carbonyl (C=O) groups excluding carboxylic acids is 2. The fourth-order valence-corrected chi connectivity index (χ4v) is 4.84. The number of methoxy groups -OCH3 is 1. The Morgan fingerprint density at radius 1 is 1.10 bits per heavy atom. The van der Waals surface area contributed by atoms with Crippen LogP contribution in [0, 0.1) is 13.8 Å². The topological polar surface area (TPSA) is 103 Å². The van der Waals surface area contributed by atoms with Crippen LogP contribution in [0.1, 0.15) is 52.6 Å². The number of hydrogen-bond donors (Lipinski definition) is 2. The predicted octanol–water partition coefficient (Wildman–Crippen LogP) is 5.54. The number of benzene rings is 3. The van der Waals surface area contributed by atoms with Crippen LogP contribution in [0.5, 0.6) is 5.75 Å². The minimum Gasteiger partial charge on any atom is -0.497 e. The summed E-state index contributed by atoms with van der Waals surface area (Å²) in [5.41, 5.74) is 14.0. The van der Waals surface area contributed by atoms with Crippen molar-refractivity contribution in [3.63, 3.8) is 0 Å².